The van der Waals surface area contributed by atoms with Crippen LogP contribution in [0.2, 0.25) is 0 Å². The summed E-state index contributed by atoms with van der Waals surface area (Å²) in [5.74, 6) is 0.914. The Morgan fingerprint density at radius 2 is 2.12 bits per heavy atom. The van der Waals surface area contributed by atoms with E-state index in [0.717, 1.165) is 12.3 Å². The van der Waals surface area contributed by atoms with Crippen molar-refractivity contribution in [1.82, 2.24) is 0 Å². The first-order chi connectivity index (χ1) is 3.81. The molecule has 0 bridgehead atoms. The molecule has 0 saturated heterocycles. The van der Waals surface area contributed by atoms with Crippen LogP contribution in [0.3, 0.4) is 0 Å². The molecule has 0 heterocycles. The van der Waals surface area contributed by atoms with Gasteiger partial charge in [-0.3, -0.25) is 0 Å². The third kappa shape index (κ3) is 4.17. The SMILES string of the molecule is [CH2]CCC[C@H](C)CC. The van der Waals surface area contributed by atoms with E-state index in [-0.39, 0.29) is 0 Å². The fraction of sp³-hybridized carbons (Fsp3) is 0.875. The molecule has 8 heavy (non-hydrogen) atoms. The minimum atomic E-state index is 0.914. The second-order valence-corrected chi connectivity index (χ2v) is 2.51. The first-order valence-electron chi connectivity index (χ1n) is 3.60. The van der Waals surface area contributed by atoms with Crippen molar-refractivity contribution in [3.8, 4) is 0 Å². The monoisotopic (exact) mass is 113 g/mol. The van der Waals surface area contributed by atoms with Gasteiger partial charge in [0, 0.05) is 0 Å². The van der Waals surface area contributed by atoms with E-state index in [1.165, 1.54) is 19.3 Å². The van der Waals surface area contributed by atoms with E-state index < -0.39 is 0 Å². The Hall–Kier alpha value is 0. The molecule has 1 radical (unpaired) electrons. The second-order valence-electron chi connectivity index (χ2n) is 2.51. The molecule has 0 nitrogen and oxygen atoms in total. The Morgan fingerprint density at radius 1 is 1.50 bits per heavy atom. The topological polar surface area (TPSA) is 0 Å². The number of rotatable bonds is 4. The Balaban J connectivity index is 2.86. The molecule has 0 fully saturated rings. The van der Waals surface area contributed by atoms with Crippen molar-refractivity contribution in [2.24, 2.45) is 5.92 Å². The molecule has 0 aromatic carbocycles. The Kier molecular flexibility index (Phi) is 5.14. The standard InChI is InChI=1S/C8H17/c1-4-6-7-8(3)5-2/h8H,1,4-7H2,2-3H3/t8-/m1/s1. The summed E-state index contributed by atoms with van der Waals surface area (Å²) in [6, 6.07) is 0. The van der Waals surface area contributed by atoms with Crippen molar-refractivity contribution in [2.75, 3.05) is 0 Å². The molecule has 0 amide bonds. The lowest BCUT2D eigenvalue weighted by Gasteiger charge is -2.04. The van der Waals surface area contributed by atoms with Gasteiger partial charge in [-0.1, -0.05) is 46.5 Å². The molecule has 0 aromatic heterocycles. The van der Waals surface area contributed by atoms with Gasteiger partial charge in [0.1, 0.15) is 0 Å². The first kappa shape index (κ1) is 8.00. The molecule has 1 atom stereocenters. The summed E-state index contributed by atoms with van der Waals surface area (Å²) in [7, 11) is 0. The van der Waals surface area contributed by atoms with E-state index in [1.807, 2.05) is 0 Å². The van der Waals surface area contributed by atoms with E-state index >= 15 is 0 Å². The van der Waals surface area contributed by atoms with Crippen LogP contribution in [0, 0.1) is 12.8 Å². The van der Waals surface area contributed by atoms with Gasteiger partial charge in [0.2, 0.25) is 0 Å². The van der Waals surface area contributed by atoms with Crippen molar-refractivity contribution >= 4 is 0 Å². The lowest BCUT2D eigenvalue weighted by atomic mass is 10.0. The molecule has 0 rings (SSSR count). The zero-order chi connectivity index (χ0) is 6.41. The maximum atomic E-state index is 3.79. The number of unbranched alkanes of at least 4 members (excludes halogenated alkanes) is 1. The van der Waals surface area contributed by atoms with E-state index in [2.05, 4.69) is 20.8 Å². The first-order valence-corrected chi connectivity index (χ1v) is 3.60. The number of hydrogen-bond acceptors (Lipinski definition) is 0. The van der Waals surface area contributed by atoms with Crippen molar-refractivity contribution in [1.29, 1.82) is 0 Å². The van der Waals surface area contributed by atoms with Crippen LogP contribution in [0.1, 0.15) is 39.5 Å². The highest BCUT2D eigenvalue weighted by molar-refractivity contribution is 4.50. The zero-order valence-corrected chi connectivity index (χ0v) is 6.11. The van der Waals surface area contributed by atoms with Crippen molar-refractivity contribution in [2.45, 2.75) is 39.5 Å². The van der Waals surface area contributed by atoms with Crippen LogP contribution >= 0.6 is 0 Å². The average molecular weight is 113 g/mol. The average Bonchev–Trinajstić information content (AvgIpc) is 1.83. The predicted molar refractivity (Wildman–Crippen MR) is 38.7 cm³/mol. The summed E-state index contributed by atoms with van der Waals surface area (Å²) in [6.45, 7) is 8.34. The van der Waals surface area contributed by atoms with Gasteiger partial charge in [-0.05, 0) is 5.92 Å². The maximum absolute atomic E-state index is 3.79. The van der Waals surface area contributed by atoms with Crippen LogP contribution in [-0.2, 0) is 0 Å². The van der Waals surface area contributed by atoms with Crippen molar-refractivity contribution in [3.05, 3.63) is 6.92 Å². The fourth-order valence-corrected chi connectivity index (χ4v) is 0.697. The zero-order valence-electron chi connectivity index (χ0n) is 6.11. The quantitative estimate of drug-likeness (QED) is 0.525. The summed E-state index contributed by atoms with van der Waals surface area (Å²) in [5, 5.41) is 0. The van der Waals surface area contributed by atoms with E-state index in [9.17, 15) is 0 Å². The minimum Gasteiger partial charge on any atom is -0.0651 e. The smallest absolute Gasteiger partial charge is 0.0445 e. The summed E-state index contributed by atoms with van der Waals surface area (Å²) >= 11 is 0. The summed E-state index contributed by atoms with van der Waals surface area (Å²) in [5.41, 5.74) is 0. The third-order valence-electron chi connectivity index (χ3n) is 1.64. The molecule has 0 saturated carbocycles. The van der Waals surface area contributed by atoms with E-state index in [0.29, 0.717) is 0 Å². The fourth-order valence-electron chi connectivity index (χ4n) is 0.697. The van der Waals surface area contributed by atoms with Crippen molar-refractivity contribution in [3.63, 3.8) is 0 Å². The van der Waals surface area contributed by atoms with Gasteiger partial charge < -0.3 is 0 Å². The Labute approximate surface area is 53.3 Å². The lowest BCUT2D eigenvalue weighted by Crippen LogP contribution is -1.89. The van der Waals surface area contributed by atoms with Crippen LogP contribution in [0.5, 0.6) is 0 Å². The van der Waals surface area contributed by atoms with Crippen molar-refractivity contribution < 1.29 is 0 Å². The van der Waals surface area contributed by atoms with Crippen LogP contribution < -0.4 is 0 Å². The second kappa shape index (κ2) is 5.14. The summed E-state index contributed by atoms with van der Waals surface area (Å²) < 4.78 is 0. The molecule has 0 aliphatic rings. The largest absolute Gasteiger partial charge is 0.0651 e. The molecule has 0 N–H and O–H groups in total. The molecule has 0 aliphatic heterocycles. The third-order valence-corrected chi connectivity index (χ3v) is 1.64. The van der Waals surface area contributed by atoms with Gasteiger partial charge in [0.05, 0.1) is 0 Å². The highest BCUT2D eigenvalue weighted by Gasteiger charge is 1.94. The predicted octanol–water partition coefficient (Wildman–Crippen LogP) is 3.04. The Morgan fingerprint density at radius 3 is 2.50 bits per heavy atom. The van der Waals surface area contributed by atoms with Gasteiger partial charge >= 0.3 is 0 Å². The minimum absolute atomic E-state index is 0.914. The van der Waals surface area contributed by atoms with E-state index in [1.54, 1.807) is 0 Å². The summed E-state index contributed by atoms with van der Waals surface area (Å²) in [4.78, 5) is 0. The molecular formula is C8H17. The van der Waals surface area contributed by atoms with Gasteiger partial charge in [-0.2, -0.15) is 0 Å². The van der Waals surface area contributed by atoms with Gasteiger partial charge in [-0.15, -0.1) is 0 Å². The summed E-state index contributed by atoms with van der Waals surface area (Å²) in [6.07, 6.45) is 5.08. The van der Waals surface area contributed by atoms with Crippen LogP contribution in [-0.4, -0.2) is 0 Å². The molecular weight excluding hydrogens is 96.1 g/mol. The highest BCUT2D eigenvalue weighted by atomic mass is 14.0. The van der Waals surface area contributed by atoms with Crippen LogP contribution in [0.15, 0.2) is 0 Å². The molecule has 0 aromatic rings. The van der Waals surface area contributed by atoms with Gasteiger partial charge in [0.25, 0.3) is 0 Å². The van der Waals surface area contributed by atoms with Crippen LogP contribution in [0.25, 0.3) is 0 Å². The molecule has 0 heteroatoms. The molecule has 49 valence electrons. The Bertz CT molecular complexity index is 39.3. The molecule has 0 aliphatic carbocycles. The van der Waals surface area contributed by atoms with E-state index in [4.69, 9.17) is 0 Å². The highest BCUT2D eigenvalue weighted by Crippen LogP contribution is 2.09. The number of hydrogen-bond donors (Lipinski definition) is 0. The van der Waals surface area contributed by atoms with Gasteiger partial charge in [0.15, 0.2) is 0 Å². The van der Waals surface area contributed by atoms with Crippen LogP contribution in [0.4, 0.5) is 0 Å². The molecule has 0 spiro atoms. The normalized spacial score (nSPS) is 13.9. The molecule has 0 unspecified atom stereocenters. The maximum Gasteiger partial charge on any atom is -0.0445 e. The van der Waals surface area contributed by atoms with Gasteiger partial charge in [-0.25, -0.2) is 0 Å². The lowest BCUT2D eigenvalue weighted by molar-refractivity contribution is 0.498.